The third kappa shape index (κ3) is 3.82. The van der Waals surface area contributed by atoms with E-state index in [1.165, 1.54) is 0 Å². The van der Waals surface area contributed by atoms with Crippen LogP contribution in [0.15, 0.2) is 48.5 Å². The quantitative estimate of drug-likeness (QED) is 0.523. The molecule has 0 fully saturated rings. The standard InChI is InChI=1S/C22H16Cl2N2O2/c1-13-9-16(10-17(12-25)15-3-5-18(23)6-4-15)14(2)26(13)19-7-8-21(24)20(11-19)22(27)28/h3-11H,1-2H3,(H,27,28)/b17-10+. The molecule has 0 spiro atoms. The molecule has 0 bridgehead atoms. The van der Waals surface area contributed by atoms with Crippen LogP contribution >= 0.6 is 23.2 Å². The Balaban J connectivity index is 2.10. The fourth-order valence-corrected chi connectivity index (χ4v) is 3.44. The molecule has 140 valence electrons. The molecule has 3 rings (SSSR count). The topological polar surface area (TPSA) is 66.0 Å². The molecule has 0 radical (unpaired) electrons. The minimum atomic E-state index is -1.08. The minimum absolute atomic E-state index is 0.0441. The van der Waals surface area contributed by atoms with Gasteiger partial charge in [0.05, 0.1) is 22.2 Å². The van der Waals surface area contributed by atoms with E-state index in [0.717, 1.165) is 22.5 Å². The van der Waals surface area contributed by atoms with Crippen molar-refractivity contribution in [3.63, 3.8) is 0 Å². The van der Waals surface area contributed by atoms with Gasteiger partial charge in [-0.1, -0.05) is 35.3 Å². The number of allylic oxidation sites excluding steroid dienone is 1. The smallest absolute Gasteiger partial charge is 0.337 e. The van der Waals surface area contributed by atoms with Crippen LogP contribution in [0.2, 0.25) is 10.0 Å². The monoisotopic (exact) mass is 410 g/mol. The van der Waals surface area contributed by atoms with E-state index in [1.54, 1.807) is 42.5 Å². The number of benzene rings is 2. The molecule has 6 heteroatoms. The second-order valence-corrected chi connectivity index (χ2v) is 7.15. The predicted octanol–water partition coefficient (Wildman–Crippen LogP) is 6.16. The number of carboxylic acids is 1. The fraction of sp³-hybridized carbons (Fsp3) is 0.0909. The lowest BCUT2D eigenvalue weighted by Crippen LogP contribution is -2.03. The predicted molar refractivity (Wildman–Crippen MR) is 112 cm³/mol. The van der Waals surface area contributed by atoms with E-state index in [-0.39, 0.29) is 10.6 Å². The Morgan fingerprint density at radius 1 is 1.11 bits per heavy atom. The number of aromatic nitrogens is 1. The van der Waals surface area contributed by atoms with E-state index < -0.39 is 5.97 Å². The molecular formula is C22H16Cl2N2O2. The molecular weight excluding hydrogens is 395 g/mol. The number of hydrogen-bond donors (Lipinski definition) is 1. The van der Waals surface area contributed by atoms with E-state index >= 15 is 0 Å². The lowest BCUT2D eigenvalue weighted by molar-refractivity contribution is 0.0697. The van der Waals surface area contributed by atoms with Gasteiger partial charge in [-0.3, -0.25) is 0 Å². The second kappa shape index (κ2) is 7.93. The van der Waals surface area contributed by atoms with Crippen molar-refractivity contribution in [3.05, 3.63) is 86.7 Å². The van der Waals surface area contributed by atoms with Gasteiger partial charge in [-0.25, -0.2) is 4.79 Å². The Labute approximate surface area is 172 Å². The Morgan fingerprint density at radius 2 is 1.79 bits per heavy atom. The van der Waals surface area contributed by atoms with Gasteiger partial charge in [0, 0.05) is 22.1 Å². The molecule has 1 heterocycles. The highest BCUT2D eigenvalue weighted by molar-refractivity contribution is 6.33. The summed E-state index contributed by atoms with van der Waals surface area (Å²) in [5.41, 5.74) is 4.70. The van der Waals surface area contributed by atoms with Gasteiger partial charge in [-0.2, -0.15) is 5.26 Å². The number of halogens is 2. The van der Waals surface area contributed by atoms with Crippen molar-refractivity contribution in [1.29, 1.82) is 5.26 Å². The van der Waals surface area contributed by atoms with Crippen LogP contribution < -0.4 is 0 Å². The van der Waals surface area contributed by atoms with Crippen molar-refractivity contribution >= 4 is 40.8 Å². The van der Waals surface area contributed by atoms with Gasteiger partial charge < -0.3 is 9.67 Å². The molecule has 0 atom stereocenters. The number of aromatic carboxylic acids is 1. The molecule has 1 N–H and O–H groups in total. The highest BCUT2D eigenvalue weighted by Gasteiger charge is 2.15. The summed E-state index contributed by atoms with van der Waals surface area (Å²) in [6.07, 6.45) is 1.82. The molecule has 0 unspecified atom stereocenters. The first-order valence-corrected chi connectivity index (χ1v) is 9.17. The SMILES string of the molecule is Cc1cc(/C=C(\C#N)c2ccc(Cl)cc2)c(C)n1-c1ccc(Cl)c(C(=O)O)c1. The maximum Gasteiger partial charge on any atom is 0.337 e. The summed E-state index contributed by atoms with van der Waals surface area (Å²) in [5.74, 6) is -1.08. The highest BCUT2D eigenvalue weighted by Crippen LogP contribution is 2.28. The van der Waals surface area contributed by atoms with Crippen LogP contribution in [0.1, 0.15) is 32.9 Å². The van der Waals surface area contributed by atoms with Gasteiger partial charge in [0.15, 0.2) is 0 Å². The van der Waals surface area contributed by atoms with Crippen molar-refractivity contribution < 1.29 is 9.90 Å². The molecule has 3 aromatic rings. The summed E-state index contributed by atoms with van der Waals surface area (Å²) in [6.45, 7) is 3.85. The van der Waals surface area contributed by atoms with Crippen LogP contribution in [0.25, 0.3) is 17.3 Å². The summed E-state index contributed by atoms with van der Waals surface area (Å²) >= 11 is 11.9. The van der Waals surface area contributed by atoms with Crippen LogP contribution in [0.3, 0.4) is 0 Å². The number of carboxylic acid groups (broad SMARTS) is 1. The average molecular weight is 411 g/mol. The van der Waals surface area contributed by atoms with E-state index in [2.05, 4.69) is 6.07 Å². The third-order valence-electron chi connectivity index (χ3n) is 4.48. The van der Waals surface area contributed by atoms with Gasteiger partial charge in [0.1, 0.15) is 0 Å². The van der Waals surface area contributed by atoms with Crippen molar-refractivity contribution in [2.45, 2.75) is 13.8 Å². The molecule has 2 aromatic carbocycles. The first-order valence-electron chi connectivity index (χ1n) is 8.41. The second-order valence-electron chi connectivity index (χ2n) is 6.31. The highest BCUT2D eigenvalue weighted by atomic mass is 35.5. The summed E-state index contributed by atoms with van der Waals surface area (Å²) in [5, 5.41) is 19.7. The molecule has 28 heavy (non-hydrogen) atoms. The zero-order valence-corrected chi connectivity index (χ0v) is 16.7. The molecule has 0 saturated carbocycles. The lowest BCUT2D eigenvalue weighted by atomic mass is 10.0. The number of aryl methyl sites for hydroxylation is 1. The fourth-order valence-electron chi connectivity index (χ4n) is 3.11. The van der Waals surface area contributed by atoms with Gasteiger partial charge in [-0.05, 0) is 67.4 Å². The van der Waals surface area contributed by atoms with E-state index in [4.69, 9.17) is 23.2 Å². The Morgan fingerprint density at radius 3 is 2.39 bits per heavy atom. The van der Waals surface area contributed by atoms with Crippen molar-refractivity contribution in [2.75, 3.05) is 0 Å². The third-order valence-corrected chi connectivity index (χ3v) is 5.07. The van der Waals surface area contributed by atoms with Crippen LogP contribution in [-0.2, 0) is 0 Å². The summed E-state index contributed by atoms with van der Waals surface area (Å²) in [6, 6.07) is 16.2. The maximum atomic E-state index is 11.4. The summed E-state index contributed by atoms with van der Waals surface area (Å²) < 4.78 is 1.94. The Kier molecular flexibility index (Phi) is 5.60. The van der Waals surface area contributed by atoms with Crippen molar-refractivity contribution in [2.24, 2.45) is 0 Å². The minimum Gasteiger partial charge on any atom is -0.478 e. The number of rotatable bonds is 4. The van der Waals surface area contributed by atoms with Gasteiger partial charge in [0.25, 0.3) is 0 Å². The van der Waals surface area contributed by atoms with Crippen LogP contribution in [0, 0.1) is 25.2 Å². The van der Waals surface area contributed by atoms with Crippen LogP contribution in [0.5, 0.6) is 0 Å². The van der Waals surface area contributed by atoms with E-state index in [0.29, 0.717) is 16.3 Å². The Bertz CT molecular complexity index is 1140. The first kappa shape index (κ1) is 19.8. The first-order chi connectivity index (χ1) is 13.3. The molecule has 1 aromatic heterocycles. The molecule has 4 nitrogen and oxygen atoms in total. The molecule has 0 saturated heterocycles. The summed E-state index contributed by atoms with van der Waals surface area (Å²) in [7, 11) is 0. The summed E-state index contributed by atoms with van der Waals surface area (Å²) in [4.78, 5) is 11.4. The lowest BCUT2D eigenvalue weighted by Gasteiger charge is -2.11. The van der Waals surface area contributed by atoms with Crippen LogP contribution in [-0.4, -0.2) is 15.6 Å². The van der Waals surface area contributed by atoms with Gasteiger partial charge in [0.2, 0.25) is 0 Å². The number of carbonyl (C=O) groups is 1. The molecule has 0 aliphatic heterocycles. The normalized spacial score (nSPS) is 11.3. The van der Waals surface area contributed by atoms with E-state index in [1.807, 2.05) is 30.6 Å². The van der Waals surface area contributed by atoms with Gasteiger partial charge in [-0.15, -0.1) is 0 Å². The molecule has 0 aliphatic rings. The average Bonchev–Trinajstić information content (AvgIpc) is 2.94. The number of nitrogens with zero attached hydrogens (tertiary/aromatic N) is 2. The number of nitriles is 1. The maximum absolute atomic E-state index is 11.4. The van der Waals surface area contributed by atoms with Gasteiger partial charge >= 0.3 is 5.97 Å². The largest absolute Gasteiger partial charge is 0.478 e. The molecule has 0 amide bonds. The van der Waals surface area contributed by atoms with E-state index in [9.17, 15) is 15.2 Å². The Hall–Kier alpha value is -3.00. The van der Waals surface area contributed by atoms with Crippen LogP contribution in [0.4, 0.5) is 0 Å². The number of hydrogen-bond acceptors (Lipinski definition) is 2. The molecule has 0 aliphatic carbocycles. The zero-order chi connectivity index (χ0) is 20.4. The van der Waals surface area contributed by atoms with Crippen molar-refractivity contribution in [3.8, 4) is 11.8 Å². The zero-order valence-electron chi connectivity index (χ0n) is 15.2. The van der Waals surface area contributed by atoms with Crippen molar-refractivity contribution in [1.82, 2.24) is 4.57 Å².